The molecule has 16 heavy (non-hydrogen) atoms. The van der Waals surface area contributed by atoms with Gasteiger partial charge in [0.25, 0.3) is 6.43 Å². The van der Waals surface area contributed by atoms with Gasteiger partial charge in [-0.3, -0.25) is 9.98 Å². The fraction of sp³-hybridized carbons (Fsp3) is 0.333. The Kier molecular flexibility index (Phi) is 3.56. The maximum atomic E-state index is 12.3. The van der Waals surface area contributed by atoms with E-state index in [1.165, 1.54) is 0 Å². The van der Waals surface area contributed by atoms with Crippen LogP contribution >= 0.6 is 0 Å². The number of aliphatic imine (C=N–C) groups is 1. The number of rotatable bonds is 2. The van der Waals surface area contributed by atoms with E-state index in [0.29, 0.717) is 12.3 Å². The van der Waals surface area contributed by atoms with Crippen molar-refractivity contribution in [1.29, 1.82) is 0 Å². The summed E-state index contributed by atoms with van der Waals surface area (Å²) in [6.07, 6.45) is -6.89. The van der Waals surface area contributed by atoms with Gasteiger partial charge in [-0.15, -0.1) is 0 Å². The Morgan fingerprint density at radius 3 is 2.25 bits per heavy atom. The molecule has 0 aliphatic rings. The van der Waals surface area contributed by atoms with Crippen molar-refractivity contribution in [1.82, 2.24) is 4.98 Å². The molecule has 0 saturated heterocycles. The van der Waals surface area contributed by atoms with Gasteiger partial charge in [-0.25, -0.2) is 8.78 Å². The molecular formula is C9H7F5N2. The van der Waals surface area contributed by atoms with Gasteiger partial charge in [0, 0.05) is 13.2 Å². The van der Waals surface area contributed by atoms with Crippen LogP contribution in [0.25, 0.3) is 0 Å². The molecule has 0 fully saturated rings. The summed E-state index contributed by atoms with van der Waals surface area (Å²) < 4.78 is 61.1. The van der Waals surface area contributed by atoms with Crippen molar-refractivity contribution < 1.29 is 22.0 Å². The number of hydrogen-bond acceptors (Lipinski definition) is 2. The predicted octanol–water partition coefficient (Wildman–Crippen LogP) is 2.78. The van der Waals surface area contributed by atoms with E-state index in [0.717, 1.165) is 13.1 Å². The van der Waals surface area contributed by atoms with Crippen molar-refractivity contribution in [3.63, 3.8) is 0 Å². The Bertz CT molecular complexity index is 380. The van der Waals surface area contributed by atoms with Crippen LogP contribution < -0.4 is 0 Å². The number of nitrogens with zero attached hydrogens (tertiary/aromatic N) is 2. The largest absolute Gasteiger partial charge is 0.417 e. The van der Waals surface area contributed by atoms with Crippen LogP contribution in [0.2, 0.25) is 0 Å². The zero-order chi connectivity index (χ0) is 12.3. The Balaban J connectivity index is 3.04. The highest BCUT2D eigenvalue weighted by molar-refractivity contribution is 6.01. The molecule has 1 aromatic heterocycles. The van der Waals surface area contributed by atoms with E-state index >= 15 is 0 Å². The molecule has 88 valence electrons. The third-order valence-corrected chi connectivity index (χ3v) is 1.80. The van der Waals surface area contributed by atoms with Crippen molar-refractivity contribution in [2.45, 2.75) is 12.6 Å². The zero-order valence-electron chi connectivity index (χ0n) is 8.09. The molecular weight excluding hydrogens is 231 g/mol. The average molecular weight is 238 g/mol. The summed E-state index contributed by atoms with van der Waals surface area (Å²) in [5, 5.41) is 0. The second kappa shape index (κ2) is 4.54. The molecule has 7 heteroatoms. The van der Waals surface area contributed by atoms with E-state index in [1.807, 2.05) is 0 Å². The molecule has 0 spiro atoms. The second-order valence-corrected chi connectivity index (χ2v) is 2.84. The Labute approximate surface area is 87.8 Å². The molecule has 0 radical (unpaired) electrons. The summed E-state index contributed by atoms with van der Waals surface area (Å²) in [6, 6.07) is 1.56. The van der Waals surface area contributed by atoms with E-state index in [9.17, 15) is 22.0 Å². The van der Waals surface area contributed by atoms with Crippen molar-refractivity contribution in [2.75, 3.05) is 7.05 Å². The maximum absolute atomic E-state index is 12.3. The molecule has 1 heterocycles. The molecule has 1 rings (SSSR count). The molecule has 2 nitrogen and oxygen atoms in total. The average Bonchev–Trinajstić information content (AvgIpc) is 2.17. The van der Waals surface area contributed by atoms with Crippen molar-refractivity contribution >= 4 is 5.71 Å². The lowest BCUT2D eigenvalue weighted by Gasteiger charge is -2.07. The normalized spacial score (nSPS) is 13.3. The summed E-state index contributed by atoms with van der Waals surface area (Å²) in [7, 11) is 1.13. The fourth-order valence-corrected chi connectivity index (χ4v) is 1.04. The summed E-state index contributed by atoms with van der Waals surface area (Å²) in [6.45, 7) is 0. The quantitative estimate of drug-likeness (QED) is 0.574. The van der Waals surface area contributed by atoms with Gasteiger partial charge in [-0.1, -0.05) is 0 Å². The van der Waals surface area contributed by atoms with Gasteiger partial charge in [-0.2, -0.15) is 13.2 Å². The zero-order valence-corrected chi connectivity index (χ0v) is 8.09. The molecule has 0 N–H and O–H groups in total. The predicted molar refractivity (Wildman–Crippen MR) is 47.7 cm³/mol. The van der Waals surface area contributed by atoms with Gasteiger partial charge < -0.3 is 0 Å². The first-order chi connectivity index (χ1) is 7.36. The molecule has 0 atom stereocenters. The molecule has 0 saturated carbocycles. The standard InChI is InChI=1S/C9H7F5N2/c1-15-7(8(10)11)6-3-2-5(4-16-6)9(12,13)14/h2-4,8H,1H3. The van der Waals surface area contributed by atoms with Crippen molar-refractivity contribution in [2.24, 2.45) is 4.99 Å². The van der Waals surface area contributed by atoms with E-state index in [-0.39, 0.29) is 5.69 Å². The summed E-state index contributed by atoms with van der Waals surface area (Å²) in [4.78, 5) is 6.58. The van der Waals surface area contributed by atoms with Crippen LogP contribution in [0.1, 0.15) is 11.3 Å². The second-order valence-electron chi connectivity index (χ2n) is 2.84. The minimum Gasteiger partial charge on any atom is -0.285 e. The Hall–Kier alpha value is -1.53. The van der Waals surface area contributed by atoms with Crippen molar-refractivity contribution in [3.05, 3.63) is 29.6 Å². The minimum atomic E-state index is -4.53. The molecule has 0 amide bonds. The van der Waals surface area contributed by atoms with Crippen LogP contribution in [0, 0.1) is 0 Å². The van der Waals surface area contributed by atoms with Crippen LogP contribution in [0.3, 0.4) is 0 Å². The van der Waals surface area contributed by atoms with E-state index in [2.05, 4.69) is 9.98 Å². The van der Waals surface area contributed by atoms with Gasteiger partial charge in [0.1, 0.15) is 5.71 Å². The summed E-state index contributed by atoms with van der Waals surface area (Å²) >= 11 is 0. The molecule has 0 unspecified atom stereocenters. The van der Waals surface area contributed by atoms with Crippen LogP contribution in [0.15, 0.2) is 23.3 Å². The SMILES string of the molecule is CN=C(c1ccc(C(F)(F)F)cn1)C(F)F. The first-order valence-corrected chi connectivity index (χ1v) is 4.14. The summed E-state index contributed by atoms with van der Waals surface area (Å²) in [5.74, 6) is 0. The molecule has 0 aromatic carbocycles. The van der Waals surface area contributed by atoms with E-state index in [4.69, 9.17) is 0 Å². The molecule has 0 aliphatic carbocycles. The molecule has 1 aromatic rings. The molecule has 0 bridgehead atoms. The maximum Gasteiger partial charge on any atom is 0.417 e. The van der Waals surface area contributed by atoms with Crippen LogP contribution in [-0.4, -0.2) is 24.2 Å². The number of halogens is 5. The van der Waals surface area contributed by atoms with Crippen LogP contribution in [0.4, 0.5) is 22.0 Å². The number of pyridine rings is 1. The van der Waals surface area contributed by atoms with Crippen LogP contribution in [-0.2, 0) is 6.18 Å². The van der Waals surface area contributed by atoms with E-state index < -0.39 is 23.9 Å². The number of alkyl halides is 5. The number of aromatic nitrogens is 1. The molecule has 0 aliphatic heterocycles. The lowest BCUT2D eigenvalue weighted by Crippen LogP contribution is -2.15. The Morgan fingerprint density at radius 2 is 1.94 bits per heavy atom. The minimum absolute atomic E-state index is 0.259. The van der Waals surface area contributed by atoms with Gasteiger partial charge in [0.15, 0.2) is 0 Å². The highest BCUT2D eigenvalue weighted by atomic mass is 19.4. The van der Waals surface area contributed by atoms with E-state index in [1.54, 1.807) is 0 Å². The van der Waals surface area contributed by atoms with Crippen LogP contribution in [0.5, 0.6) is 0 Å². The summed E-state index contributed by atoms with van der Waals surface area (Å²) in [5.41, 5.74) is -1.87. The highest BCUT2D eigenvalue weighted by Gasteiger charge is 2.31. The third kappa shape index (κ3) is 2.74. The monoisotopic (exact) mass is 238 g/mol. The first-order valence-electron chi connectivity index (χ1n) is 4.14. The van der Waals surface area contributed by atoms with Gasteiger partial charge in [-0.05, 0) is 12.1 Å². The van der Waals surface area contributed by atoms with Gasteiger partial charge in [0.2, 0.25) is 0 Å². The number of hydrogen-bond donors (Lipinski definition) is 0. The highest BCUT2D eigenvalue weighted by Crippen LogP contribution is 2.28. The Morgan fingerprint density at radius 1 is 1.31 bits per heavy atom. The lowest BCUT2D eigenvalue weighted by molar-refractivity contribution is -0.137. The third-order valence-electron chi connectivity index (χ3n) is 1.80. The fourth-order valence-electron chi connectivity index (χ4n) is 1.04. The lowest BCUT2D eigenvalue weighted by atomic mass is 10.2. The first kappa shape index (κ1) is 12.5. The smallest absolute Gasteiger partial charge is 0.285 e. The van der Waals surface area contributed by atoms with Gasteiger partial charge >= 0.3 is 6.18 Å². The van der Waals surface area contributed by atoms with Crippen molar-refractivity contribution in [3.8, 4) is 0 Å². The van der Waals surface area contributed by atoms with Gasteiger partial charge in [0.05, 0.1) is 11.3 Å². The topological polar surface area (TPSA) is 25.2 Å².